The van der Waals surface area contributed by atoms with E-state index in [1.54, 1.807) is 46.6 Å². The molecule has 1 unspecified atom stereocenters. The van der Waals surface area contributed by atoms with Gasteiger partial charge < -0.3 is 53.4 Å². The van der Waals surface area contributed by atoms with E-state index in [0.717, 1.165) is 22.3 Å². The minimum atomic E-state index is -4.09. The fourth-order valence-corrected chi connectivity index (χ4v) is 11.4. The summed E-state index contributed by atoms with van der Waals surface area (Å²) in [5, 5.41) is 32.8. The van der Waals surface area contributed by atoms with Gasteiger partial charge in [0.2, 0.25) is 7.37 Å². The van der Waals surface area contributed by atoms with E-state index in [-0.39, 0.29) is 57.4 Å². The van der Waals surface area contributed by atoms with Crippen LogP contribution in [0.3, 0.4) is 0 Å². The van der Waals surface area contributed by atoms with Gasteiger partial charge in [-0.1, -0.05) is 60.4 Å². The van der Waals surface area contributed by atoms with Crippen LogP contribution in [-0.4, -0.2) is 189 Å². The monoisotopic (exact) mass is 1190 g/mol. The summed E-state index contributed by atoms with van der Waals surface area (Å²) in [5.41, 5.74) is 4.33. The summed E-state index contributed by atoms with van der Waals surface area (Å²) < 4.78 is 52.9. The lowest BCUT2D eigenvalue weighted by Crippen LogP contribution is -2.60. The summed E-state index contributed by atoms with van der Waals surface area (Å²) in [6, 6.07) is 33.8. The minimum absolute atomic E-state index is 0.0109. The lowest BCUT2D eigenvalue weighted by Gasteiger charge is -2.46. The highest BCUT2D eigenvalue weighted by Gasteiger charge is 2.37. The number of rotatable bonds is 24. The molecule has 7 rings (SSSR count). The third-order valence-corrected chi connectivity index (χ3v) is 16.2. The maximum atomic E-state index is 13.9. The molecule has 1 fully saturated rings. The van der Waals surface area contributed by atoms with E-state index < -0.39 is 69.1 Å². The van der Waals surface area contributed by atoms with Gasteiger partial charge in [-0.2, -0.15) is 0 Å². The summed E-state index contributed by atoms with van der Waals surface area (Å²) in [7, 11) is 6.68. The van der Waals surface area contributed by atoms with E-state index in [1.165, 1.54) is 34.1 Å². The predicted octanol–water partition coefficient (Wildman–Crippen LogP) is 6.49. The molecule has 1 aliphatic heterocycles. The van der Waals surface area contributed by atoms with Gasteiger partial charge in [-0.25, -0.2) is 4.98 Å². The highest BCUT2D eigenvalue weighted by atomic mass is 31.2. The van der Waals surface area contributed by atoms with Gasteiger partial charge in [-0.05, 0) is 109 Å². The number of hydrogen-bond donors (Lipinski definition) is 4. The number of carboxylic acid groups (broad SMARTS) is 3. The number of benzene rings is 5. The maximum Gasteiger partial charge on any atom is 0.317 e. The first-order valence-corrected chi connectivity index (χ1v) is 29.7. The molecule has 6 aromatic rings. The van der Waals surface area contributed by atoms with Gasteiger partial charge >= 0.3 is 17.9 Å². The molecular weight excluding hydrogens is 1110 g/mol. The Morgan fingerprint density at radius 2 is 0.788 bits per heavy atom. The number of aliphatic carboxylic acids is 3. The molecule has 0 spiro atoms. The number of pyridine rings is 1. The average molecular weight is 1190 g/mol. The van der Waals surface area contributed by atoms with Gasteiger partial charge in [-0.3, -0.25) is 38.5 Å². The van der Waals surface area contributed by atoms with Crippen molar-refractivity contribution in [1.82, 2.24) is 24.6 Å². The third kappa shape index (κ3) is 18.7. The average Bonchev–Trinajstić information content (AvgIpc) is 2.30. The van der Waals surface area contributed by atoms with Gasteiger partial charge in [0.1, 0.15) is 51.2 Å². The van der Waals surface area contributed by atoms with Crippen molar-refractivity contribution in [3.05, 3.63) is 160 Å². The van der Waals surface area contributed by atoms with Crippen molar-refractivity contribution in [2.45, 2.75) is 56.4 Å². The van der Waals surface area contributed by atoms with Gasteiger partial charge in [-0.15, -0.1) is 0 Å². The third-order valence-electron chi connectivity index (χ3n) is 15.1. The Bertz CT molecular complexity index is 3260. The van der Waals surface area contributed by atoms with Gasteiger partial charge in [0.15, 0.2) is 0 Å². The normalized spacial score (nSPS) is 18.0. The first kappa shape index (κ1) is 64.4. The lowest BCUT2D eigenvalue weighted by atomic mass is 9.95. The molecule has 452 valence electrons. The zero-order valence-corrected chi connectivity index (χ0v) is 50.2. The Morgan fingerprint density at radius 3 is 1.08 bits per heavy atom. The standard InChI is InChI=1S/C64H76N5O15P/c1-78-53-18-9-43(10-19-53)28-49-37-67(40-62(70)71)51(30-45-13-22-55(80-3)23-14-45)39-69(42-64(74)75)52(31-46-15-24-56(81-4)25-16-46)38-68(41-63(72)73)50(29-44-11-20-54(79-2)21-12-44)36-66(49)35-48-27-47(32-61(65-48)85(8,76)77)17-26-58-59(83-6)33-57(82-5)34-60(58)84-7/h9-16,18-25,27,32-34,49-52H,28-31,35-42H2,1-8H3,(H,70,71)(H,72,73)(H,74,75)(H,76,77)/t49-,50-,51-,52-/m0/s1. The van der Waals surface area contributed by atoms with Crippen molar-refractivity contribution >= 4 is 30.7 Å². The van der Waals surface area contributed by atoms with Crippen LogP contribution >= 0.6 is 7.37 Å². The van der Waals surface area contributed by atoms with Crippen LogP contribution in [-0.2, 0) is 51.2 Å². The first-order valence-electron chi connectivity index (χ1n) is 27.6. The summed E-state index contributed by atoms with van der Waals surface area (Å²) in [5.74, 6) is 6.64. The maximum absolute atomic E-state index is 13.9. The number of ether oxygens (including phenoxy) is 7. The van der Waals surface area contributed by atoms with E-state index in [0.29, 0.717) is 63.5 Å². The molecule has 1 aromatic heterocycles. The summed E-state index contributed by atoms with van der Waals surface area (Å²) in [6.45, 7) is 0.123. The molecule has 0 aliphatic carbocycles. The molecule has 4 N–H and O–H groups in total. The van der Waals surface area contributed by atoms with Crippen molar-refractivity contribution in [1.29, 1.82) is 0 Å². The van der Waals surface area contributed by atoms with Crippen LogP contribution in [0.15, 0.2) is 121 Å². The smallest absolute Gasteiger partial charge is 0.317 e. The van der Waals surface area contributed by atoms with E-state index in [9.17, 15) is 39.2 Å². The van der Waals surface area contributed by atoms with Crippen LogP contribution in [0.5, 0.6) is 40.2 Å². The molecule has 5 aromatic carbocycles. The first-order chi connectivity index (χ1) is 40.8. The van der Waals surface area contributed by atoms with Gasteiger partial charge in [0.25, 0.3) is 0 Å². The molecule has 0 radical (unpaired) electrons. The largest absolute Gasteiger partial charge is 0.497 e. The van der Waals surface area contributed by atoms with Crippen LogP contribution in [0, 0.1) is 11.8 Å². The highest BCUT2D eigenvalue weighted by Crippen LogP contribution is 2.36. The minimum Gasteiger partial charge on any atom is -0.497 e. The second-order valence-corrected chi connectivity index (χ2v) is 23.2. The van der Waals surface area contributed by atoms with Crippen molar-refractivity contribution < 1.29 is 72.3 Å². The SMILES string of the molecule is COc1ccc(C[C@H]2CN(CC(=O)O)[C@@H](Cc3ccc(OC)cc3)CN(Cc3cc(C#Cc4c(OC)cc(OC)cc4OC)cc(P(C)(=O)O)n3)[C@@H](Cc3ccc(OC)cc3)CN(CC(=O)O)[C@@H](Cc3ccc(OC)cc3)CN2CC(=O)O)cc1. The molecule has 21 heteroatoms. The van der Waals surface area contributed by atoms with Crippen molar-refractivity contribution in [2.24, 2.45) is 0 Å². The fraction of sp³-hybridized carbons (Fsp3) is 0.375. The Morgan fingerprint density at radius 1 is 0.471 bits per heavy atom. The molecule has 2 heterocycles. The zero-order chi connectivity index (χ0) is 61.2. The van der Waals surface area contributed by atoms with Crippen LogP contribution < -0.4 is 38.6 Å². The Kier molecular flexibility index (Phi) is 23.2. The molecule has 0 amide bonds. The van der Waals surface area contributed by atoms with Crippen molar-refractivity contribution in [2.75, 3.05) is 102 Å². The molecule has 0 saturated carbocycles. The quantitative estimate of drug-likeness (QED) is 0.0374. The van der Waals surface area contributed by atoms with Crippen molar-refractivity contribution in [3.8, 4) is 52.1 Å². The Hall–Kier alpha value is -8.15. The number of nitrogens with zero attached hydrogens (tertiary/aromatic N) is 5. The zero-order valence-electron chi connectivity index (χ0n) is 49.3. The van der Waals surface area contributed by atoms with Crippen LogP contribution in [0.1, 0.15) is 39.1 Å². The fourth-order valence-electron chi connectivity index (χ4n) is 10.8. The predicted molar refractivity (Wildman–Crippen MR) is 322 cm³/mol. The van der Waals surface area contributed by atoms with Crippen LogP contribution in [0.25, 0.3) is 0 Å². The van der Waals surface area contributed by atoms with Crippen LogP contribution in [0.4, 0.5) is 0 Å². The number of aromatic nitrogens is 1. The Balaban J connectivity index is 1.51. The number of carboxylic acids is 3. The van der Waals surface area contributed by atoms with Gasteiger partial charge in [0, 0.05) is 81.3 Å². The van der Waals surface area contributed by atoms with Crippen LogP contribution in [0.2, 0.25) is 0 Å². The van der Waals surface area contributed by atoms with E-state index in [1.807, 2.05) is 112 Å². The Labute approximate surface area is 496 Å². The van der Waals surface area contributed by atoms with Gasteiger partial charge in [0.05, 0.1) is 75.1 Å². The number of carbonyl (C=O) groups is 3. The lowest BCUT2D eigenvalue weighted by molar-refractivity contribution is -0.142. The molecule has 1 aliphatic rings. The molecule has 1 saturated heterocycles. The summed E-state index contributed by atoms with van der Waals surface area (Å²) >= 11 is 0. The number of hydrogen-bond acceptors (Lipinski definition) is 16. The summed E-state index contributed by atoms with van der Waals surface area (Å²) in [4.78, 5) is 64.2. The second kappa shape index (κ2) is 30.6. The molecule has 20 nitrogen and oxygen atoms in total. The number of methoxy groups -OCH3 is 7. The van der Waals surface area contributed by atoms with E-state index in [4.69, 9.17) is 38.1 Å². The molecule has 85 heavy (non-hydrogen) atoms. The van der Waals surface area contributed by atoms with E-state index in [2.05, 4.69) is 16.7 Å². The summed E-state index contributed by atoms with van der Waals surface area (Å²) in [6.07, 6.45) is 1.13. The van der Waals surface area contributed by atoms with Crippen molar-refractivity contribution in [3.63, 3.8) is 0 Å². The van der Waals surface area contributed by atoms with E-state index >= 15 is 0 Å². The molecule has 0 bridgehead atoms. The second-order valence-electron chi connectivity index (χ2n) is 21.0. The highest BCUT2D eigenvalue weighted by molar-refractivity contribution is 7.65. The molecule has 5 atom stereocenters. The topological polar surface area (TPSA) is 240 Å². The molecular formula is C64H76N5O15P.